The molecule has 3 aromatic carbocycles. The molecule has 4 aromatic rings. The smallest absolute Gasteiger partial charge is 0.410 e. The maximum atomic E-state index is 13.3. The van der Waals surface area contributed by atoms with Crippen LogP contribution < -0.4 is 4.74 Å². The predicted molar refractivity (Wildman–Crippen MR) is 155 cm³/mol. The molecule has 0 fully saturated rings. The van der Waals surface area contributed by atoms with Crippen LogP contribution in [0.1, 0.15) is 43.1 Å². The number of ether oxygens (including phenoxy) is 2. The summed E-state index contributed by atoms with van der Waals surface area (Å²) in [6, 6.07) is 20.6. The molecule has 40 heavy (non-hydrogen) atoms. The van der Waals surface area contributed by atoms with Crippen molar-refractivity contribution in [3.05, 3.63) is 102 Å². The maximum absolute atomic E-state index is 13.3. The monoisotopic (exact) mass is 541 g/mol. The normalized spacial score (nSPS) is 11.8. The van der Waals surface area contributed by atoms with Crippen molar-refractivity contribution in [3.63, 3.8) is 0 Å². The van der Waals surface area contributed by atoms with E-state index in [2.05, 4.69) is 4.98 Å². The van der Waals surface area contributed by atoms with Crippen LogP contribution in [0.25, 0.3) is 16.8 Å². The summed E-state index contributed by atoms with van der Waals surface area (Å²) in [7, 11) is 0. The third-order valence-corrected chi connectivity index (χ3v) is 6.14. The number of imidazole rings is 1. The molecule has 0 saturated carbocycles. The van der Waals surface area contributed by atoms with Gasteiger partial charge in [-0.3, -0.25) is 0 Å². The first kappa shape index (κ1) is 28.4. The molecule has 0 atom stereocenters. The third kappa shape index (κ3) is 8.20. The summed E-state index contributed by atoms with van der Waals surface area (Å²) in [4.78, 5) is 30.4. The maximum Gasteiger partial charge on any atom is 0.410 e. The molecule has 0 bridgehead atoms. The van der Waals surface area contributed by atoms with Crippen LogP contribution in [0.15, 0.2) is 91.0 Å². The number of hydrogen-bond acceptors (Lipinski definition) is 5. The molecule has 0 saturated heterocycles. The minimum Gasteiger partial charge on any atom is -0.489 e. The van der Waals surface area contributed by atoms with Gasteiger partial charge >= 0.3 is 12.1 Å². The van der Waals surface area contributed by atoms with Gasteiger partial charge in [-0.15, -0.1) is 0 Å². The van der Waals surface area contributed by atoms with Crippen molar-refractivity contribution in [1.82, 2.24) is 14.5 Å². The Balaban J connectivity index is 1.59. The zero-order valence-corrected chi connectivity index (χ0v) is 23.1. The lowest BCUT2D eigenvalue weighted by Gasteiger charge is -2.28. The van der Waals surface area contributed by atoms with Crippen LogP contribution in [-0.2, 0) is 11.3 Å². The number of nitrogens with zero attached hydrogens (tertiary/aromatic N) is 3. The van der Waals surface area contributed by atoms with E-state index < -0.39 is 17.7 Å². The van der Waals surface area contributed by atoms with E-state index in [0.29, 0.717) is 19.5 Å². The quantitative estimate of drug-likeness (QED) is 0.232. The lowest BCUT2D eigenvalue weighted by atomic mass is 10.1. The Labute approximate surface area is 234 Å². The van der Waals surface area contributed by atoms with E-state index in [1.165, 1.54) is 0 Å². The van der Waals surface area contributed by atoms with E-state index >= 15 is 0 Å². The molecule has 1 aromatic heterocycles. The molecule has 1 amide bonds. The summed E-state index contributed by atoms with van der Waals surface area (Å²) in [5.41, 5.74) is 1.21. The van der Waals surface area contributed by atoms with Crippen LogP contribution in [0.4, 0.5) is 4.79 Å². The van der Waals surface area contributed by atoms with E-state index in [4.69, 9.17) is 9.47 Å². The Morgan fingerprint density at radius 2 is 1.77 bits per heavy atom. The number of aromatic nitrogens is 2. The van der Waals surface area contributed by atoms with Crippen molar-refractivity contribution >= 4 is 28.9 Å². The van der Waals surface area contributed by atoms with Crippen molar-refractivity contribution in [1.29, 1.82) is 0 Å². The average Bonchev–Trinajstić information content (AvgIpc) is 3.44. The van der Waals surface area contributed by atoms with Gasteiger partial charge in [0.1, 0.15) is 18.0 Å². The van der Waals surface area contributed by atoms with E-state index in [1.807, 2.05) is 80.1 Å². The standard InChI is InChI=1S/C32H35N3O5/c1-32(2,3)40-31(38)35(18-7-17-34-19-16-33-23-34)21-25(20-24-12-14-27(15-13-24)30(36)37)22-39-29-11-6-9-26-8-4-5-10-28(26)29/h4-6,8-16,19-20,23H,7,17-18,21-22H2,1-3H3,(H,36,37). The largest absolute Gasteiger partial charge is 0.489 e. The summed E-state index contributed by atoms with van der Waals surface area (Å²) < 4.78 is 14.0. The van der Waals surface area contributed by atoms with E-state index in [9.17, 15) is 14.7 Å². The number of carboxylic acid groups (broad SMARTS) is 1. The van der Waals surface area contributed by atoms with Gasteiger partial charge in [0.25, 0.3) is 0 Å². The van der Waals surface area contributed by atoms with Crippen molar-refractivity contribution in [2.75, 3.05) is 19.7 Å². The predicted octanol–water partition coefficient (Wildman–Crippen LogP) is 6.52. The van der Waals surface area contributed by atoms with Gasteiger partial charge in [-0.25, -0.2) is 14.6 Å². The minimum atomic E-state index is -0.982. The molecular formula is C32H35N3O5. The Hall–Kier alpha value is -4.59. The molecule has 0 aliphatic heterocycles. The number of aryl methyl sites for hydroxylation is 1. The number of hydrogen-bond donors (Lipinski definition) is 1. The Morgan fingerprint density at radius 3 is 2.48 bits per heavy atom. The van der Waals surface area contributed by atoms with Crippen LogP contribution >= 0.6 is 0 Å². The van der Waals surface area contributed by atoms with Gasteiger partial charge in [0.05, 0.1) is 11.9 Å². The zero-order valence-electron chi connectivity index (χ0n) is 23.1. The lowest BCUT2D eigenvalue weighted by Crippen LogP contribution is -2.39. The highest BCUT2D eigenvalue weighted by molar-refractivity contribution is 5.88. The summed E-state index contributed by atoms with van der Waals surface area (Å²) in [5, 5.41) is 11.4. The highest BCUT2D eigenvalue weighted by Crippen LogP contribution is 2.26. The lowest BCUT2D eigenvalue weighted by molar-refractivity contribution is 0.0260. The van der Waals surface area contributed by atoms with Gasteiger partial charge in [-0.2, -0.15) is 0 Å². The number of amides is 1. The third-order valence-electron chi connectivity index (χ3n) is 6.14. The molecule has 1 heterocycles. The first-order chi connectivity index (χ1) is 19.2. The summed E-state index contributed by atoms with van der Waals surface area (Å²) in [5.74, 6) is -0.238. The highest BCUT2D eigenvalue weighted by atomic mass is 16.6. The average molecular weight is 542 g/mol. The fraction of sp³-hybridized carbons (Fsp3) is 0.281. The second kappa shape index (κ2) is 13.0. The number of benzene rings is 3. The minimum absolute atomic E-state index is 0.209. The molecule has 1 N–H and O–H groups in total. The van der Waals surface area contributed by atoms with Crippen molar-refractivity contribution in [2.24, 2.45) is 0 Å². The number of fused-ring (bicyclic) bond motifs is 1. The van der Waals surface area contributed by atoms with Crippen molar-refractivity contribution < 1.29 is 24.2 Å². The molecule has 0 spiro atoms. The highest BCUT2D eigenvalue weighted by Gasteiger charge is 2.23. The second-order valence-corrected chi connectivity index (χ2v) is 10.6. The summed E-state index contributed by atoms with van der Waals surface area (Å²) in [6.07, 6.45) is 7.61. The van der Waals surface area contributed by atoms with Crippen molar-refractivity contribution in [3.8, 4) is 5.75 Å². The van der Waals surface area contributed by atoms with Gasteiger partial charge in [0.2, 0.25) is 0 Å². The first-order valence-electron chi connectivity index (χ1n) is 13.2. The molecule has 8 heteroatoms. The Morgan fingerprint density at radius 1 is 1.02 bits per heavy atom. The van der Waals surface area contributed by atoms with Gasteiger partial charge in [0, 0.05) is 37.4 Å². The molecule has 8 nitrogen and oxygen atoms in total. The van der Waals surface area contributed by atoms with E-state index in [1.54, 1.807) is 41.7 Å². The molecule has 4 rings (SSSR count). The van der Waals surface area contributed by atoms with Crippen LogP contribution in [0, 0.1) is 0 Å². The van der Waals surface area contributed by atoms with Crippen LogP contribution in [0.3, 0.4) is 0 Å². The number of carboxylic acids is 1. The van der Waals surface area contributed by atoms with Crippen molar-refractivity contribution in [2.45, 2.75) is 39.3 Å². The van der Waals surface area contributed by atoms with Crippen LogP contribution in [-0.4, -0.2) is 56.9 Å². The zero-order chi connectivity index (χ0) is 28.5. The summed E-state index contributed by atoms with van der Waals surface area (Å²) in [6.45, 7) is 7.23. The molecular weight excluding hydrogens is 506 g/mol. The number of carbonyl (C=O) groups is 2. The van der Waals surface area contributed by atoms with Gasteiger partial charge < -0.3 is 24.0 Å². The molecule has 0 aliphatic rings. The topological polar surface area (TPSA) is 93.9 Å². The van der Waals surface area contributed by atoms with Gasteiger partial charge in [-0.05, 0) is 61.9 Å². The van der Waals surface area contributed by atoms with E-state index in [-0.39, 0.29) is 18.7 Å². The van der Waals surface area contributed by atoms with Crippen LogP contribution in [0.5, 0.6) is 5.75 Å². The fourth-order valence-electron chi connectivity index (χ4n) is 4.25. The number of carbonyl (C=O) groups excluding carboxylic acids is 1. The van der Waals surface area contributed by atoms with Crippen LogP contribution in [0.2, 0.25) is 0 Å². The molecule has 0 radical (unpaired) electrons. The molecule has 0 unspecified atom stereocenters. The summed E-state index contributed by atoms with van der Waals surface area (Å²) >= 11 is 0. The first-order valence-corrected chi connectivity index (χ1v) is 13.2. The van der Waals surface area contributed by atoms with Gasteiger partial charge in [-0.1, -0.05) is 54.6 Å². The Bertz CT molecular complexity index is 1450. The van der Waals surface area contributed by atoms with E-state index in [0.717, 1.165) is 27.7 Å². The number of aromatic carboxylic acids is 1. The fourth-order valence-corrected chi connectivity index (χ4v) is 4.25. The number of rotatable bonds is 11. The van der Waals surface area contributed by atoms with Gasteiger partial charge in [0.15, 0.2) is 0 Å². The molecule has 208 valence electrons. The SMILES string of the molecule is CC(C)(C)OC(=O)N(CCCn1ccnc1)CC(=Cc1ccc(C(=O)O)cc1)COc1cccc2ccccc12. The second-order valence-electron chi connectivity index (χ2n) is 10.6. The Kier molecular flexibility index (Phi) is 9.22. The molecule has 0 aliphatic carbocycles.